The zero-order chi connectivity index (χ0) is 89.3. The van der Waals surface area contributed by atoms with Gasteiger partial charge in [0.25, 0.3) is 0 Å². The number of carbonyl (C=O) groups is 7. The summed E-state index contributed by atoms with van der Waals surface area (Å²) in [6.45, 7) is 34.6. The van der Waals surface area contributed by atoms with Crippen LogP contribution in [0.5, 0.6) is 0 Å². The van der Waals surface area contributed by atoms with Crippen molar-refractivity contribution in [3.8, 4) is 21.1 Å². The molecule has 4 saturated heterocycles. The summed E-state index contributed by atoms with van der Waals surface area (Å²) in [6.07, 6.45) is 16.4. The second kappa shape index (κ2) is 43.0. The fourth-order valence-electron chi connectivity index (χ4n) is 13.1. The first kappa shape index (κ1) is 95.8. The van der Waals surface area contributed by atoms with Crippen LogP contribution in [0.15, 0.2) is 108 Å². The van der Waals surface area contributed by atoms with E-state index in [0.717, 1.165) is 103 Å². The number of hydrogen-bond acceptors (Lipinski definition) is 31. The molecule has 0 spiro atoms. The maximum absolute atomic E-state index is 12.6. The number of rotatable bonds is 16. The average Bonchev–Trinajstić information content (AvgIpc) is 1.64. The van der Waals surface area contributed by atoms with Crippen LogP contribution in [-0.2, 0) is 42.5 Å². The molecule has 4 aliphatic heterocycles. The molecule has 0 aliphatic carbocycles. The topological polar surface area (TPSA) is 390 Å². The van der Waals surface area contributed by atoms with E-state index in [1.54, 1.807) is 114 Å². The minimum atomic E-state index is -0.536. The van der Waals surface area contributed by atoms with Gasteiger partial charge in [-0.3, -0.25) is 13.2 Å². The number of imidazole rings is 3. The van der Waals surface area contributed by atoms with E-state index < -0.39 is 18.3 Å². The Kier molecular flexibility index (Phi) is 33.5. The quantitative estimate of drug-likeness (QED) is 0.0396. The van der Waals surface area contributed by atoms with Crippen molar-refractivity contribution in [1.82, 2.24) is 58.2 Å². The lowest BCUT2D eigenvalue weighted by molar-refractivity contribution is 0.00578. The normalized spacial score (nSPS) is 16.7. The molecule has 3 atom stereocenters. The Morgan fingerprint density at radius 3 is 1.30 bits per heavy atom. The molecule has 0 aromatic carbocycles. The number of nitrogen functional groups attached to an aromatic ring is 3. The zero-order valence-electron chi connectivity index (χ0n) is 71.6. The molecule has 11 aromatic rings. The van der Waals surface area contributed by atoms with Gasteiger partial charge in [0.2, 0.25) is 0 Å². The molecule has 2 amide bonds. The first-order valence-electron chi connectivity index (χ1n) is 40.4. The van der Waals surface area contributed by atoms with Crippen LogP contribution in [0.25, 0.3) is 38.1 Å². The Hall–Kier alpha value is -9.45. The summed E-state index contributed by atoms with van der Waals surface area (Å²) in [7, 11) is -0.418. The van der Waals surface area contributed by atoms with Crippen molar-refractivity contribution in [3.05, 3.63) is 153 Å². The van der Waals surface area contributed by atoms with Gasteiger partial charge in [-0.15, -0.1) is 34.0 Å². The number of amides is 2. The Bertz CT molecular complexity index is 5390. The van der Waals surface area contributed by atoms with E-state index in [-0.39, 0.29) is 65.1 Å². The highest BCUT2D eigenvalue weighted by molar-refractivity contribution is 9.11. The third-order valence-corrected chi connectivity index (χ3v) is 25.4. The summed E-state index contributed by atoms with van der Waals surface area (Å²) in [5.74, 6) is 0.287. The van der Waals surface area contributed by atoms with Crippen LogP contribution < -0.4 is 27.3 Å². The van der Waals surface area contributed by atoms with E-state index in [2.05, 4.69) is 57.1 Å². The fraction of sp³-hybridized carbons (Fsp3) is 0.464. The summed E-state index contributed by atoms with van der Waals surface area (Å²) in [4.78, 5) is 115. The van der Waals surface area contributed by atoms with Gasteiger partial charge in [0.1, 0.15) is 15.8 Å². The number of anilines is 3. The van der Waals surface area contributed by atoms with Gasteiger partial charge in [0.15, 0.2) is 34.4 Å². The molecule has 660 valence electrons. The van der Waals surface area contributed by atoms with Crippen molar-refractivity contribution in [2.24, 2.45) is 0 Å². The molecule has 15 heterocycles. The molecule has 0 bridgehead atoms. The van der Waals surface area contributed by atoms with E-state index in [1.807, 2.05) is 112 Å². The number of fused-ring (bicyclic) bond motifs is 3. The number of thiophene rings is 5. The largest absolute Gasteiger partial charge is 0.505 e. The lowest BCUT2D eigenvalue weighted by Gasteiger charge is -2.33. The molecular formula is C84H106BBr2N15O16S5. The second-order valence-electron chi connectivity index (χ2n) is 31.7. The SMILES string of the molecule is CC(C)(C)OC(=O)N1CCCC(c2cn3c(Br)cnc(N)c3n2)C1.CCOC(=O)c1ccsc1.CCOC(=O)c1csc(-c2cnc(N)c3nc(C4CCCN(C(=O)OC(C)(C)C)C4)cn23)c1.CCOC(=O)c1csc(-c2cnc(N)c3nc(C4CCCNC4)cn23)c1.CCOC(=O)c1csc(B2OC(C)(C)C(C)(C)O2)c1.CCOC(=O)c1csc(Br)c1. The maximum atomic E-state index is 12.6. The molecule has 0 saturated carbocycles. The van der Waals surface area contributed by atoms with Crippen molar-refractivity contribution in [3.63, 3.8) is 0 Å². The Balaban J connectivity index is 0.000000161. The van der Waals surface area contributed by atoms with Crippen molar-refractivity contribution < 1.29 is 76.0 Å². The highest BCUT2D eigenvalue weighted by atomic mass is 79.9. The van der Waals surface area contributed by atoms with E-state index in [4.69, 9.17) is 69.6 Å². The van der Waals surface area contributed by atoms with Gasteiger partial charge in [-0.1, -0.05) is 0 Å². The van der Waals surface area contributed by atoms with Crippen LogP contribution in [0.2, 0.25) is 0 Å². The molecule has 11 aromatic heterocycles. The number of hydrogen-bond donors (Lipinski definition) is 4. The van der Waals surface area contributed by atoms with Gasteiger partial charge in [0.05, 0.1) is 133 Å². The number of nitrogens with one attached hydrogen (secondary N) is 1. The molecule has 3 unspecified atom stereocenters. The summed E-state index contributed by atoms with van der Waals surface area (Å²) >= 11 is 14.1. The summed E-state index contributed by atoms with van der Waals surface area (Å²) in [5.41, 5.74) is 25.5. The number of nitrogens with two attached hydrogens (primary N) is 3. The van der Waals surface area contributed by atoms with E-state index in [9.17, 15) is 33.6 Å². The number of aromatic nitrogens is 9. The van der Waals surface area contributed by atoms with Crippen molar-refractivity contribution in [2.45, 2.75) is 183 Å². The summed E-state index contributed by atoms with van der Waals surface area (Å²) in [5, 5.41) is 14.2. The van der Waals surface area contributed by atoms with Gasteiger partial charge in [0, 0.05) is 101 Å². The predicted molar refractivity (Wildman–Crippen MR) is 487 cm³/mol. The number of carbonyl (C=O) groups excluding carboxylic acids is 7. The van der Waals surface area contributed by atoms with Crippen LogP contribution in [0.1, 0.15) is 229 Å². The molecule has 15 rings (SSSR count). The Morgan fingerprint density at radius 1 is 0.512 bits per heavy atom. The first-order valence-corrected chi connectivity index (χ1v) is 46.4. The molecule has 4 fully saturated rings. The number of ether oxygens (including phenoxy) is 7. The van der Waals surface area contributed by atoms with Crippen molar-refractivity contribution in [1.29, 1.82) is 0 Å². The fourth-order valence-corrected chi connectivity index (χ4v) is 17.8. The van der Waals surface area contributed by atoms with Gasteiger partial charge in [-0.25, -0.2) is 63.5 Å². The molecule has 39 heteroatoms. The predicted octanol–water partition coefficient (Wildman–Crippen LogP) is 17.0. The van der Waals surface area contributed by atoms with E-state index in [1.165, 1.54) is 56.7 Å². The van der Waals surface area contributed by atoms with E-state index in [0.29, 0.717) is 127 Å². The number of likely N-dealkylation sites (tertiary alicyclic amines) is 2. The smallest absolute Gasteiger partial charge is 0.462 e. The molecule has 123 heavy (non-hydrogen) atoms. The Labute approximate surface area is 751 Å². The van der Waals surface area contributed by atoms with Crippen LogP contribution in [0.4, 0.5) is 27.0 Å². The zero-order valence-corrected chi connectivity index (χ0v) is 78.9. The van der Waals surface area contributed by atoms with Gasteiger partial charge in [-0.2, -0.15) is 22.7 Å². The molecular weight excluding hydrogens is 1810 g/mol. The van der Waals surface area contributed by atoms with Gasteiger partial charge in [-0.05, 0) is 216 Å². The highest BCUT2D eigenvalue weighted by Gasteiger charge is 2.52. The van der Waals surface area contributed by atoms with Crippen LogP contribution >= 0.6 is 88.5 Å². The minimum absolute atomic E-state index is 0.0665. The highest BCUT2D eigenvalue weighted by Crippen LogP contribution is 2.39. The standard InChI is InChI=1S/C23H29N5O4S.C18H21N5O2S.C16H22BrN5O2.C13H19BO4S.C7H7BrO2S.C7H8O2S/c1-5-31-21(29)15-9-18(33-13-15)17-10-25-19(24)20-26-16(12-28(17)20)14-7-6-8-27(11-14)22(30)32-23(2,3)4;1-2-25-18(24)12-6-15(26-10-12)14-8-21-16(19)17-22-13(9-23(14)17)11-4-3-5-20-7-11;1-16(2,3)24-15(23)21-6-4-5-10(8-21)11-9-22-12(17)7-19-13(18)14(22)20-11;1-6-16-11(15)9-7-10(19-8-9)14-17-12(2,3)13(4,5)18-14;1-2-10-7(9)5-3-6(8)11-4-5;1-2-9-7(8)6-3-4-10-5-6/h9-10,12-14H,5-8,11H2,1-4H3,(H2,24,25);6,8-11,20H,2-5,7H2,1H3,(H2,19,21);7,9-10H,4-6,8H2,1-3H3,(H2,18,19);7-8H,6H2,1-5H3;3-4H,2H2,1H3;3-5H,2H2,1H3. The average molecular weight is 1910 g/mol. The second-order valence-corrected chi connectivity index (χ2v) is 38.3. The molecule has 7 N–H and O–H groups in total. The van der Waals surface area contributed by atoms with Gasteiger partial charge < -0.3 is 74.8 Å². The number of halogens is 2. The Morgan fingerprint density at radius 2 is 0.902 bits per heavy atom. The minimum Gasteiger partial charge on any atom is -0.462 e. The third-order valence-electron chi connectivity index (χ3n) is 19.7. The first-order chi connectivity index (χ1) is 58.4. The lowest BCUT2D eigenvalue weighted by Crippen LogP contribution is -2.42. The molecule has 31 nitrogen and oxygen atoms in total. The monoisotopic (exact) mass is 1910 g/mol. The van der Waals surface area contributed by atoms with Crippen LogP contribution in [0.3, 0.4) is 0 Å². The summed E-state index contributed by atoms with van der Waals surface area (Å²) in [6, 6.07) is 8.91. The lowest BCUT2D eigenvalue weighted by atomic mass is 9.87. The molecule has 0 radical (unpaired) electrons. The number of nitrogens with zero attached hydrogens (tertiary/aromatic N) is 11. The van der Waals surface area contributed by atoms with Crippen LogP contribution in [-0.4, -0.2) is 197 Å². The van der Waals surface area contributed by atoms with Crippen molar-refractivity contribution >= 4 is 177 Å². The van der Waals surface area contributed by atoms with E-state index >= 15 is 0 Å². The van der Waals surface area contributed by atoms with Crippen LogP contribution in [0, 0.1) is 0 Å². The number of esters is 5. The maximum Gasteiger partial charge on any atom is 0.505 e. The molecule has 4 aliphatic rings. The van der Waals surface area contributed by atoms with Gasteiger partial charge >= 0.3 is 49.2 Å². The summed E-state index contributed by atoms with van der Waals surface area (Å²) < 4.78 is 56.0. The van der Waals surface area contributed by atoms with Crippen molar-refractivity contribution in [2.75, 3.05) is 89.5 Å². The number of piperidine rings is 3. The third kappa shape index (κ3) is 25.4.